The van der Waals surface area contributed by atoms with Gasteiger partial charge in [-0.1, -0.05) is 0 Å². The van der Waals surface area contributed by atoms with Crippen molar-refractivity contribution in [1.29, 1.82) is 0 Å². The van der Waals surface area contributed by atoms with Crippen LogP contribution in [-0.4, -0.2) is 15.7 Å². The molecule has 7 nitrogen and oxygen atoms in total. The zero-order chi connectivity index (χ0) is 12.4. The number of nitrogens with two attached hydrogens (primary N) is 2. The minimum Gasteiger partial charge on any atom is -0.463 e. The molecule has 0 unspecified atom stereocenters. The molecule has 88 valence electrons. The predicted molar refractivity (Wildman–Crippen MR) is 59.8 cm³/mol. The van der Waals surface area contributed by atoms with Crippen LogP contribution in [0.2, 0.25) is 0 Å². The summed E-state index contributed by atoms with van der Waals surface area (Å²) in [6.45, 7) is -0.322. The smallest absolute Gasteiger partial charge is 0.290 e. The Bertz CT molecular complexity index is 601. The normalized spacial score (nSPS) is 10.4. The van der Waals surface area contributed by atoms with E-state index in [-0.39, 0.29) is 12.2 Å². The summed E-state index contributed by atoms with van der Waals surface area (Å²) in [5, 5.41) is 3.95. The highest BCUT2D eigenvalue weighted by Gasteiger charge is 2.10. The van der Waals surface area contributed by atoms with Crippen LogP contribution in [0.5, 0.6) is 0 Å². The van der Waals surface area contributed by atoms with E-state index in [4.69, 9.17) is 15.9 Å². The van der Waals surface area contributed by atoms with Crippen LogP contribution in [0.4, 0.5) is 5.69 Å². The van der Waals surface area contributed by atoms with E-state index in [2.05, 4.69) is 5.10 Å². The van der Waals surface area contributed by atoms with E-state index in [1.54, 1.807) is 12.1 Å². The summed E-state index contributed by atoms with van der Waals surface area (Å²) in [6, 6.07) is 4.73. The topological polar surface area (TPSA) is 117 Å². The average molecular weight is 234 g/mol. The lowest BCUT2D eigenvalue weighted by atomic mass is 10.3. The van der Waals surface area contributed by atoms with Gasteiger partial charge in [-0.3, -0.25) is 9.59 Å². The minimum atomic E-state index is -0.671. The van der Waals surface area contributed by atoms with Crippen LogP contribution in [0.15, 0.2) is 33.7 Å². The Labute approximate surface area is 95.6 Å². The Morgan fingerprint density at radius 2 is 2.29 bits per heavy atom. The molecule has 0 saturated carbocycles. The van der Waals surface area contributed by atoms with Crippen molar-refractivity contribution in [3.63, 3.8) is 0 Å². The monoisotopic (exact) mass is 234 g/mol. The summed E-state index contributed by atoms with van der Waals surface area (Å²) in [5.41, 5.74) is 10.3. The molecule has 0 atom stereocenters. The molecule has 7 heteroatoms. The predicted octanol–water partition coefficient (Wildman–Crippen LogP) is -0.429. The van der Waals surface area contributed by atoms with Gasteiger partial charge in [0.15, 0.2) is 5.76 Å². The Hall–Kier alpha value is -2.57. The fraction of sp³-hybridized carbons (Fsp3) is 0.100. The van der Waals surface area contributed by atoms with E-state index in [0.29, 0.717) is 11.5 Å². The van der Waals surface area contributed by atoms with Crippen LogP contribution in [-0.2, 0) is 11.3 Å². The molecule has 1 amide bonds. The number of nitrogen functional groups attached to an aromatic ring is 1. The van der Waals surface area contributed by atoms with E-state index >= 15 is 0 Å². The molecular formula is C10H10N4O3. The van der Waals surface area contributed by atoms with Gasteiger partial charge in [0.2, 0.25) is 5.91 Å². The molecule has 2 rings (SSSR count). The third-order valence-electron chi connectivity index (χ3n) is 2.08. The first-order valence-electron chi connectivity index (χ1n) is 4.78. The molecule has 0 saturated heterocycles. The number of rotatable bonds is 3. The molecule has 2 aromatic rings. The second-order valence-corrected chi connectivity index (χ2v) is 3.39. The summed E-state index contributed by atoms with van der Waals surface area (Å²) < 4.78 is 6.04. The van der Waals surface area contributed by atoms with Crippen molar-refractivity contribution >= 4 is 11.6 Å². The van der Waals surface area contributed by atoms with E-state index in [1.165, 1.54) is 12.3 Å². The molecular weight excluding hydrogens is 224 g/mol. The highest BCUT2D eigenvalue weighted by molar-refractivity contribution is 5.73. The summed E-state index contributed by atoms with van der Waals surface area (Å²) in [4.78, 5) is 22.4. The summed E-state index contributed by atoms with van der Waals surface area (Å²) in [5.74, 6) is -0.217. The summed E-state index contributed by atoms with van der Waals surface area (Å²) in [7, 11) is 0. The van der Waals surface area contributed by atoms with Crippen molar-refractivity contribution in [3.05, 3.63) is 34.8 Å². The summed E-state index contributed by atoms with van der Waals surface area (Å²) in [6.07, 6.45) is 1.47. The molecule has 4 N–H and O–H groups in total. The molecule has 0 aliphatic heterocycles. The molecule has 2 aromatic heterocycles. The third kappa shape index (κ3) is 2.17. The molecule has 17 heavy (non-hydrogen) atoms. The van der Waals surface area contributed by atoms with Gasteiger partial charge < -0.3 is 15.9 Å². The van der Waals surface area contributed by atoms with Crippen molar-refractivity contribution < 1.29 is 9.21 Å². The van der Waals surface area contributed by atoms with E-state index in [1.807, 2.05) is 0 Å². The average Bonchev–Trinajstić information content (AvgIpc) is 2.77. The van der Waals surface area contributed by atoms with Crippen LogP contribution in [0.25, 0.3) is 11.5 Å². The highest BCUT2D eigenvalue weighted by atomic mass is 16.3. The van der Waals surface area contributed by atoms with Crippen LogP contribution in [0.3, 0.4) is 0 Å². The van der Waals surface area contributed by atoms with Gasteiger partial charge in [-0.05, 0) is 18.2 Å². The van der Waals surface area contributed by atoms with Gasteiger partial charge in [0.05, 0.1) is 6.26 Å². The number of primary amides is 1. The summed E-state index contributed by atoms with van der Waals surface area (Å²) >= 11 is 0. The zero-order valence-electron chi connectivity index (χ0n) is 8.79. The third-order valence-corrected chi connectivity index (χ3v) is 2.08. The molecule has 0 aliphatic carbocycles. The first-order chi connectivity index (χ1) is 8.08. The quantitative estimate of drug-likeness (QED) is 0.747. The van der Waals surface area contributed by atoms with Crippen LogP contribution >= 0.6 is 0 Å². The number of hydrogen-bond donors (Lipinski definition) is 2. The Morgan fingerprint density at radius 3 is 2.88 bits per heavy atom. The molecule has 0 bridgehead atoms. The molecule has 0 fully saturated rings. The molecule has 2 heterocycles. The number of hydrogen-bond acceptors (Lipinski definition) is 5. The van der Waals surface area contributed by atoms with Gasteiger partial charge in [0.1, 0.15) is 17.9 Å². The molecule has 0 aromatic carbocycles. The lowest BCUT2D eigenvalue weighted by molar-refractivity contribution is -0.118. The Kier molecular flexibility index (Phi) is 2.65. The standard InChI is InChI=1S/C10H10N4O3/c11-6-4-7(8-2-1-3-17-8)13-14(10(6)16)5-9(12)15/h1-4H,5,11H2,(H2,12,15). The molecule has 0 spiro atoms. The fourth-order valence-corrected chi connectivity index (χ4v) is 1.36. The first kappa shape index (κ1) is 10.9. The van der Waals surface area contributed by atoms with E-state index in [0.717, 1.165) is 4.68 Å². The molecule has 0 aliphatic rings. The van der Waals surface area contributed by atoms with E-state index in [9.17, 15) is 9.59 Å². The van der Waals surface area contributed by atoms with Crippen LogP contribution < -0.4 is 17.0 Å². The maximum absolute atomic E-state index is 11.6. The number of carbonyl (C=O) groups excluding carboxylic acids is 1. The lowest BCUT2D eigenvalue weighted by Crippen LogP contribution is -2.31. The lowest BCUT2D eigenvalue weighted by Gasteiger charge is -2.05. The van der Waals surface area contributed by atoms with Gasteiger partial charge in [0.25, 0.3) is 5.56 Å². The number of amides is 1. The second kappa shape index (κ2) is 4.12. The maximum atomic E-state index is 11.6. The zero-order valence-corrected chi connectivity index (χ0v) is 8.79. The number of carbonyl (C=O) groups is 1. The van der Waals surface area contributed by atoms with Gasteiger partial charge in [-0.25, -0.2) is 4.68 Å². The highest BCUT2D eigenvalue weighted by Crippen LogP contribution is 2.17. The number of anilines is 1. The van der Waals surface area contributed by atoms with Gasteiger partial charge >= 0.3 is 0 Å². The van der Waals surface area contributed by atoms with Crippen molar-refractivity contribution in [2.45, 2.75) is 6.54 Å². The number of nitrogens with zero attached hydrogens (tertiary/aromatic N) is 2. The van der Waals surface area contributed by atoms with Crippen molar-refractivity contribution in [1.82, 2.24) is 9.78 Å². The maximum Gasteiger partial charge on any atom is 0.290 e. The number of furan rings is 1. The fourth-order valence-electron chi connectivity index (χ4n) is 1.36. The van der Waals surface area contributed by atoms with Crippen molar-refractivity contribution in [3.8, 4) is 11.5 Å². The van der Waals surface area contributed by atoms with Crippen molar-refractivity contribution in [2.75, 3.05) is 5.73 Å². The SMILES string of the molecule is NC(=O)Cn1nc(-c2ccco2)cc(N)c1=O. The first-order valence-corrected chi connectivity index (χ1v) is 4.78. The Morgan fingerprint density at radius 1 is 1.53 bits per heavy atom. The van der Waals surface area contributed by atoms with Crippen molar-refractivity contribution in [2.24, 2.45) is 5.73 Å². The second-order valence-electron chi connectivity index (χ2n) is 3.39. The van der Waals surface area contributed by atoms with Crippen LogP contribution in [0.1, 0.15) is 0 Å². The van der Waals surface area contributed by atoms with E-state index < -0.39 is 11.5 Å². The largest absolute Gasteiger partial charge is 0.463 e. The van der Waals surface area contributed by atoms with Crippen LogP contribution in [0, 0.1) is 0 Å². The molecule has 0 radical (unpaired) electrons. The number of aromatic nitrogens is 2. The Balaban J connectivity index is 2.53. The van der Waals surface area contributed by atoms with Gasteiger partial charge in [-0.2, -0.15) is 5.10 Å². The minimum absolute atomic E-state index is 0.0207. The van der Waals surface area contributed by atoms with Gasteiger partial charge in [0, 0.05) is 0 Å². The van der Waals surface area contributed by atoms with Gasteiger partial charge in [-0.15, -0.1) is 0 Å².